The maximum Gasteiger partial charge on any atom is 0.243 e. The minimum Gasteiger partial charge on any atom is -0.368 e. The van der Waals surface area contributed by atoms with Crippen molar-refractivity contribution in [1.29, 1.82) is 0 Å². The molecule has 1 fully saturated rings. The molecule has 0 aliphatic carbocycles. The van der Waals surface area contributed by atoms with E-state index in [1.165, 1.54) is 4.31 Å². The topological polar surface area (TPSA) is 89.7 Å². The van der Waals surface area contributed by atoms with Gasteiger partial charge in [0.2, 0.25) is 15.9 Å². The van der Waals surface area contributed by atoms with Crippen LogP contribution < -0.4 is 5.73 Å². The summed E-state index contributed by atoms with van der Waals surface area (Å²) in [5.41, 5.74) is 4.90. The highest BCUT2D eigenvalue weighted by Gasteiger charge is 2.29. The van der Waals surface area contributed by atoms with Crippen LogP contribution in [-0.2, 0) is 19.6 Å². The van der Waals surface area contributed by atoms with Gasteiger partial charge in [-0.25, -0.2) is 8.42 Å². The molecule has 1 amide bonds. The number of amides is 1. The third-order valence-electron chi connectivity index (χ3n) is 2.04. The Morgan fingerprint density at radius 2 is 2.29 bits per heavy atom. The van der Waals surface area contributed by atoms with Crippen LogP contribution in [0, 0.1) is 0 Å². The quantitative estimate of drug-likeness (QED) is 0.628. The first-order chi connectivity index (χ1) is 6.39. The number of ether oxygens (including phenoxy) is 1. The molecular formula is C7H14N2O4S. The van der Waals surface area contributed by atoms with Crippen LogP contribution in [0.25, 0.3) is 0 Å². The lowest BCUT2D eigenvalue weighted by Crippen LogP contribution is -2.30. The zero-order valence-electron chi connectivity index (χ0n) is 7.97. The Balaban J connectivity index is 2.38. The van der Waals surface area contributed by atoms with Crippen molar-refractivity contribution in [3.8, 4) is 0 Å². The molecule has 0 aromatic carbocycles. The van der Waals surface area contributed by atoms with Crippen LogP contribution in [0.4, 0.5) is 0 Å². The second-order valence-electron chi connectivity index (χ2n) is 3.31. The Morgan fingerprint density at radius 3 is 2.71 bits per heavy atom. The number of sulfonamides is 1. The van der Waals surface area contributed by atoms with Crippen molar-refractivity contribution in [3.05, 3.63) is 0 Å². The molecule has 82 valence electrons. The summed E-state index contributed by atoms with van der Waals surface area (Å²) in [4.78, 5) is 10.4. The third-order valence-corrected chi connectivity index (χ3v) is 3.31. The van der Waals surface area contributed by atoms with Crippen molar-refractivity contribution in [2.45, 2.75) is 12.5 Å². The summed E-state index contributed by atoms with van der Waals surface area (Å²) in [7, 11) is -3.14. The second kappa shape index (κ2) is 4.24. The predicted octanol–water partition coefficient (Wildman–Crippen LogP) is -1.48. The van der Waals surface area contributed by atoms with E-state index in [1.807, 2.05) is 0 Å². The lowest BCUT2D eigenvalue weighted by atomic mass is 10.3. The van der Waals surface area contributed by atoms with Gasteiger partial charge in [0.25, 0.3) is 0 Å². The monoisotopic (exact) mass is 222 g/mol. The number of hydrogen-bond donors (Lipinski definition) is 1. The number of primary amides is 1. The Morgan fingerprint density at radius 1 is 1.64 bits per heavy atom. The van der Waals surface area contributed by atoms with Crippen molar-refractivity contribution < 1.29 is 17.9 Å². The maximum atomic E-state index is 11.1. The van der Waals surface area contributed by atoms with Gasteiger partial charge in [0.15, 0.2) is 0 Å². The largest absolute Gasteiger partial charge is 0.368 e. The summed E-state index contributed by atoms with van der Waals surface area (Å²) in [5, 5.41) is 0. The molecule has 1 saturated heterocycles. The second-order valence-corrected chi connectivity index (χ2v) is 5.29. The molecule has 1 aliphatic rings. The fourth-order valence-electron chi connectivity index (χ4n) is 1.33. The zero-order valence-corrected chi connectivity index (χ0v) is 8.79. The highest BCUT2D eigenvalue weighted by Crippen LogP contribution is 2.15. The van der Waals surface area contributed by atoms with Crippen LogP contribution in [0.1, 0.15) is 6.42 Å². The van der Waals surface area contributed by atoms with Gasteiger partial charge in [-0.1, -0.05) is 0 Å². The van der Waals surface area contributed by atoms with Crippen LogP contribution >= 0.6 is 0 Å². The summed E-state index contributed by atoms with van der Waals surface area (Å²) >= 11 is 0. The molecule has 0 bridgehead atoms. The summed E-state index contributed by atoms with van der Waals surface area (Å²) in [6, 6.07) is 0. The first-order valence-corrected chi connectivity index (χ1v) is 6.09. The van der Waals surface area contributed by atoms with Gasteiger partial charge in [0.1, 0.15) is 6.61 Å². The Hall–Kier alpha value is -0.660. The van der Waals surface area contributed by atoms with Gasteiger partial charge in [-0.3, -0.25) is 4.79 Å². The smallest absolute Gasteiger partial charge is 0.243 e. The van der Waals surface area contributed by atoms with E-state index in [2.05, 4.69) is 0 Å². The Kier molecular flexibility index (Phi) is 3.46. The molecule has 1 aliphatic heterocycles. The molecular weight excluding hydrogens is 208 g/mol. The first-order valence-electron chi connectivity index (χ1n) is 4.24. The van der Waals surface area contributed by atoms with Gasteiger partial charge in [-0.05, 0) is 6.42 Å². The van der Waals surface area contributed by atoms with Gasteiger partial charge < -0.3 is 10.5 Å². The van der Waals surface area contributed by atoms with E-state index < -0.39 is 15.9 Å². The number of hydrogen-bond acceptors (Lipinski definition) is 4. The molecule has 2 N–H and O–H groups in total. The van der Waals surface area contributed by atoms with E-state index >= 15 is 0 Å². The summed E-state index contributed by atoms with van der Waals surface area (Å²) in [5.74, 6) is -0.539. The fraction of sp³-hybridized carbons (Fsp3) is 0.857. The minimum absolute atomic E-state index is 0.151. The molecule has 0 aromatic rings. The van der Waals surface area contributed by atoms with Crippen LogP contribution in [0.15, 0.2) is 0 Å². The molecule has 1 heterocycles. The molecule has 7 heteroatoms. The van der Waals surface area contributed by atoms with Gasteiger partial charge in [-0.15, -0.1) is 0 Å². The van der Waals surface area contributed by atoms with Crippen LogP contribution in [-0.4, -0.2) is 50.7 Å². The average molecular weight is 222 g/mol. The highest BCUT2D eigenvalue weighted by molar-refractivity contribution is 7.88. The van der Waals surface area contributed by atoms with E-state index in [0.29, 0.717) is 19.5 Å². The number of nitrogens with two attached hydrogens (primary N) is 1. The maximum absolute atomic E-state index is 11.1. The minimum atomic E-state index is -3.14. The normalized spacial score (nSPS) is 23.9. The predicted molar refractivity (Wildman–Crippen MR) is 50.0 cm³/mol. The van der Waals surface area contributed by atoms with Gasteiger partial charge in [0.05, 0.1) is 12.4 Å². The number of carbonyl (C=O) groups excluding carboxylic acids is 1. The van der Waals surface area contributed by atoms with E-state index in [-0.39, 0.29) is 12.7 Å². The van der Waals surface area contributed by atoms with E-state index in [4.69, 9.17) is 10.5 Å². The van der Waals surface area contributed by atoms with Crippen molar-refractivity contribution in [1.82, 2.24) is 4.31 Å². The van der Waals surface area contributed by atoms with E-state index in [9.17, 15) is 13.2 Å². The molecule has 14 heavy (non-hydrogen) atoms. The average Bonchev–Trinajstić information content (AvgIpc) is 2.47. The lowest BCUT2D eigenvalue weighted by Gasteiger charge is -2.12. The van der Waals surface area contributed by atoms with Crippen molar-refractivity contribution in [2.24, 2.45) is 5.73 Å². The Labute approximate surface area is 83.1 Å². The molecule has 0 saturated carbocycles. The first kappa shape index (κ1) is 11.4. The lowest BCUT2D eigenvalue weighted by molar-refractivity contribution is -0.124. The summed E-state index contributed by atoms with van der Waals surface area (Å²) in [6.07, 6.45) is 1.56. The molecule has 6 nitrogen and oxygen atoms in total. The van der Waals surface area contributed by atoms with Gasteiger partial charge >= 0.3 is 0 Å². The molecule has 0 radical (unpaired) electrons. The van der Waals surface area contributed by atoms with Crippen molar-refractivity contribution >= 4 is 15.9 Å². The van der Waals surface area contributed by atoms with E-state index in [0.717, 1.165) is 6.26 Å². The van der Waals surface area contributed by atoms with Gasteiger partial charge in [0, 0.05) is 13.1 Å². The number of carbonyl (C=O) groups is 1. The number of rotatable bonds is 4. The van der Waals surface area contributed by atoms with Crippen LogP contribution in [0.5, 0.6) is 0 Å². The standard InChI is InChI=1S/C7H14N2O4S/c1-14(11,12)9-3-2-6(4-9)13-5-7(8)10/h6H,2-5H2,1H3,(H2,8,10). The summed E-state index contributed by atoms with van der Waals surface area (Å²) in [6.45, 7) is 0.608. The van der Waals surface area contributed by atoms with Crippen LogP contribution in [0.2, 0.25) is 0 Å². The molecule has 0 aromatic heterocycles. The molecule has 0 spiro atoms. The summed E-state index contributed by atoms with van der Waals surface area (Å²) < 4.78 is 28.6. The molecule has 1 unspecified atom stereocenters. The zero-order chi connectivity index (χ0) is 10.8. The van der Waals surface area contributed by atoms with Crippen LogP contribution in [0.3, 0.4) is 0 Å². The van der Waals surface area contributed by atoms with Crippen molar-refractivity contribution in [2.75, 3.05) is 26.0 Å². The molecule has 1 rings (SSSR count). The number of nitrogens with zero attached hydrogens (tertiary/aromatic N) is 1. The molecule has 1 atom stereocenters. The van der Waals surface area contributed by atoms with Gasteiger partial charge in [-0.2, -0.15) is 4.31 Å². The van der Waals surface area contributed by atoms with E-state index in [1.54, 1.807) is 0 Å². The highest BCUT2D eigenvalue weighted by atomic mass is 32.2. The van der Waals surface area contributed by atoms with Crippen molar-refractivity contribution in [3.63, 3.8) is 0 Å². The third kappa shape index (κ3) is 3.24. The Bertz CT molecular complexity index is 314. The fourth-order valence-corrected chi connectivity index (χ4v) is 2.21. The SMILES string of the molecule is CS(=O)(=O)N1CCC(OCC(N)=O)C1.